The van der Waals surface area contributed by atoms with Crippen LogP contribution in [0.5, 0.6) is 0 Å². The second-order valence-corrected chi connectivity index (χ2v) is 5.09. The third-order valence-electron chi connectivity index (χ3n) is 3.31. The molecule has 1 aliphatic rings. The molecule has 1 atom stereocenters. The van der Waals surface area contributed by atoms with Crippen LogP contribution in [0, 0.1) is 16.0 Å². The van der Waals surface area contributed by atoms with Gasteiger partial charge in [-0.05, 0) is 18.8 Å². The molecule has 2 heterocycles. The van der Waals surface area contributed by atoms with Gasteiger partial charge >= 0.3 is 0 Å². The molecule has 1 N–H and O–H groups in total. The fourth-order valence-electron chi connectivity index (χ4n) is 2.26. The summed E-state index contributed by atoms with van der Waals surface area (Å²) in [6, 6.07) is 3.06. The Morgan fingerprint density at radius 3 is 2.95 bits per heavy atom. The number of nitrogens with zero attached hydrogens (tertiary/aromatic N) is 3. The van der Waals surface area contributed by atoms with E-state index in [2.05, 4.69) is 22.1 Å². The standard InChI is InChI=1S/C13H20N4O2/c1-3-5-14-12-7-11(17(18)19)8-13(15-12)16-6-4-10(2)9-16/h7-8,10H,3-6,9H2,1-2H3,(H,14,15). The normalized spacial score (nSPS) is 18.6. The average Bonchev–Trinajstić information content (AvgIpc) is 2.82. The zero-order valence-electron chi connectivity index (χ0n) is 11.4. The number of hydrogen-bond acceptors (Lipinski definition) is 5. The second kappa shape index (κ2) is 5.86. The maximum Gasteiger partial charge on any atom is 0.276 e. The molecular formula is C13H20N4O2. The lowest BCUT2D eigenvalue weighted by molar-refractivity contribution is -0.384. The molecule has 1 aromatic heterocycles. The summed E-state index contributed by atoms with van der Waals surface area (Å²) < 4.78 is 0. The number of aromatic nitrogens is 1. The van der Waals surface area contributed by atoms with Crippen LogP contribution in [0.3, 0.4) is 0 Å². The van der Waals surface area contributed by atoms with Crippen molar-refractivity contribution in [3.8, 4) is 0 Å². The Hall–Kier alpha value is -1.85. The fraction of sp³-hybridized carbons (Fsp3) is 0.615. The van der Waals surface area contributed by atoms with E-state index in [4.69, 9.17) is 0 Å². The smallest absolute Gasteiger partial charge is 0.276 e. The van der Waals surface area contributed by atoms with Gasteiger partial charge in [0.25, 0.3) is 5.69 Å². The van der Waals surface area contributed by atoms with Gasteiger partial charge in [-0.3, -0.25) is 10.1 Å². The van der Waals surface area contributed by atoms with Crippen molar-refractivity contribution in [2.24, 2.45) is 5.92 Å². The summed E-state index contributed by atoms with van der Waals surface area (Å²) in [5.74, 6) is 1.91. The van der Waals surface area contributed by atoms with E-state index in [-0.39, 0.29) is 10.6 Å². The van der Waals surface area contributed by atoms with E-state index in [1.165, 1.54) is 6.07 Å². The van der Waals surface area contributed by atoms with Gasteiger partial charge in [0.2, 0.25) is 0 Å². The van der Waals surface area contributed by atoms with Gasteiger partial charge in [-0.1, -0.05) is 13.8 Å². The van der Waals surface area contributed by atoms with Crippen molar-refractivity contribution >= 4 is 17.3 Å². The SMILES string of the molecule is CCCNc1cc([N+](=O)[O-])cc(N2CCC(C)C2)n1. The minimum Gasteiger partial charge on any atom is -0.370 e. The highest BCUT2D eigenvalue weighted by Crippen LogP contribution is 2.27. The van der Waals surface area contributed by atoms with Crippen molar-refractivity contribution in [3.05, 3.63) is 22.2 Å². The van der Waals surface area contributed by atoms with Crippen molar-refractivity contribution in [1.29, 1.82) is 0 Å². The van der Waals surface area contributed by atoms with Crippen molar-refractivity contribution in [2.45, 2.75) is 26.7 Å². The first-order chi connectivity index (χ1) is 9.10. The van der Waals surface area contributed by atoms with E-state index < -0.39 is 0 Å². The Balaban J connectivity index is 2.25. The molecule has 6 nitrogen and oxygen atoms in total. The van der Waals surface area contributed by atoms with Gasteiger partial charge in [-0.2, -0.15) is 0 Å². The lowest BCUT2D eigenvalue weighted by Gasteiger charge is -2.17. The summed E-state index contributed by atoms with van der Waals surface area (Å²) in [5.41, 5.74) is 0.100. The molecule has 104 valence electrons. The largest absolute Gasteiger partial charge is 0.370 e. The Morgan fingerprint density at radius 1 is 1.58 bits per heavy atom. The van der Waals surface area contributed by atoms with Crippen molar-refractivity contribution in [3.63, 3.8) is 0 Å². The van der Waals surface area contributed by atoms with Crippen molar-refractivity contribution < 1.29 is 4.92 Å². The molecule has 0 bridgehead atoms. The summed E-state index contributed by atoms with van der Waals surface area (Å²) in [6.45, 7) is 6.84. The zero-order chi connectivity index (χ0) is 13.8. The van der Waals surface area contributed by atoms with Gasteiger partial charge in [0, 0.05) is 19.6 Å². The predicted octanol–water partition coefficient (Wildman–Crippen LogP) is 2.66. The van der Waals surface area contributed by atoms with E-state index in [1.807, 2.05) is 6.92 Å². The third kappa shape index (κ3) is 3.33. The maximum absolute atomic E-state index is 11.0. The van der Waals surface area contributed by atoms with Crippen LogP contribution in [0.15, 0.2) is 12.1 Å². The van der Waals surface area contributed by atoms with Gasteiger partial charge in [0.05, 0.1) is 17.1 Å². The molecule has 2 rings (SSSR count). The topological polar surface area (TPSA) is 71.3 Å². The summed E-state index contributed by atoms with van der Waals surface area (Å²) in [4.78, 5) is 17.2. The second-order valence-electron chi connectivity index (χ2n) is 5.09. The minimum absolute atomic E-state index is 0.100. The van der Waals surface area contributed by atoms with Crippen LogP contribution in [0.2, 0.25) is 0 Å². The molecule has 0 saturated carbocycles. The Morgan fingerprint density at radius 2 is 2.37 bits per heavy atom. The Bertz CT molecular complexity index is 464. The molecule has 1 aromatic rings. The lowest BCUT2D eigenvalue weighted by Crippen LogP contribution is -2.21. The summed E-state index contributed by atoms with van der Waals surface area (Å²) in [6.07, 6.45) is 2.07. The highest BCUT2D eigenvalue weighted by molar-refractivity contribution is 5.56. The van der Waals surface area contributed by atoms with Crippen LogP contribution in [-0.4, -0.2) is 29.5 Å². The molecule has 0 aliphatic carbocycles. The van der Waals surface area contributed by atoms with E-state index in [0.717, 1.165) is 32.5 Å². The first kappa shape index (κ1) is 13.6. The predicted molar refractivity (Wildman–Crippen MR) is 75.7 cm³/mol. The number of pyridine rings is 1. The highest BCUT2D eigenvalue weighted by Gasteiger charge is 2.22. The summed E-state index contributed by atoms with van der Waals surface area (Å²) >= 11 is 0. The van der Waals surface area contributed by atoms with Gasteiger partial charge in [-0.15, -0.1) is 0 Å². The van der Waals surface area contributed by atoms with Crippen LogP contribution in [0.1, 0.15) is 26.7 Å². The third-order valence-corrected chi connectivity index (χ3v) is 3.31. The molecule has 1 unspecified atom stereocenters. The molecule has 0 aromatic carbocycles. The summed E-state index contributed by atoms with van der Waals surface area (Å²) in [5, 5.41) is 14.1. The van der Waals surface area contributed by atoms with E-state index in [1.54, 1.807) is 6.07 Å². The zero-order valence-corrected chi connectivity index (χ0v) is 11.4. The maximum atomic E-state index is 11.0. The van der Waals surface area contributed by atoms with Crippen LogP contribution < -0.4 is 10.2 Å². The average molecular weight is 264 g/mol. The van der Waals surface area contributed by atoms with Gasteiger partial charge in [-0.25, -0.2) is 4.98 Å². The molecule has 1 saturated heterocycles. The number of nitrogens with one attached hydrogen (secondary N) is 1. The molecule has 0 spiro atoms. The lowest BCUT2D eigenvalue weighted by atomic mass is 10.2. The van der Waals surface area contributed by atoms with E-state index in [0.29, 0.717) is 17.6 Å². The first-order valence-corrected chi connectivity index (χ1v) is 6.75. The monoisotopic (exact) mass is 264 g/mol. The highest BCUT2D eigenvalue weighted by atomic mass is 16.6. The van der Waals surface area contributed by atoms with Crippen LogP contribution >= 0.6 is 0 Å². The van der Waals surface area contributed by atoms with Gasteiger partial charge in [0.15, 0.2) is 0 Å². The molecule has 1 aliphatic heterocycles. The number of anilines is 2. The summed E-state index contributed by atoms with van der Waals surface area (Å²) in [7, 11) is 0. The molecule has 1 fully saturated rings. The minimum atomic E-state index is -0.359. The van der Waals surface area contributed by atoms with Crippen LogP contribution in [0.4, 0.5) is 17.3 Å². The van der Waals surface area contributed by atoms with Crippen molar-refractivity contribution in [2.75, 3.05) is 29.9 Å². The van der Waals surface area contributed by atoms with E-state index in [9.17, 15) is 10.1 Å². The molecule has 0 radical (unpaired) electrons. The molecule has 6 heteroatoms. The van der Waals surface area contributed by atoms with E-state index >= 15 is 0 Å². The van der Waals surface area contributed by atoms with Crippen LogP contribution in [0.25, 0.3) is 0 Å². The molecule has 19 heavy (non-hydrogen) atoms. The number of rotatable bonds is 5. The molecule has 0 amide bonds. The van der Waals surface area contributed by atoms with Crippen LogP contribution in [-0.2, 0) is 0 Å². The number of hydrogen-bond donors (Lipinski definition) is 1. The Labute approximate surface area is 113 Å². The van der Waals surface area contributed by atoms with Gasteiger partial charge in [0.1, 0.15) is 11.6 Å². The quantitative estimate of drug-likeness (QED) is 0.654. The number of nitro groups is 1. The van der Waals surface area contributed by atoms with Crippen molar-refractivity contribution in [1.82, 2.24) is 4.98 Å². The van der Waals surface area contributed by atoms with Gasteiger partial charge < -0.3 is 10.2 Å². The molecular weight excluding hydrogens is 244 g/mol. The first-order valence-electron chi connectivity index (χ1n) is 6.75. The Kier molecular flexibility index (Phi) is 4.19. The fourth-order valence-corrected chi connectivity index (χ4v) is 2.26.